The second-order valence-corrected chi connectivity index (χ2v) is 9.16. The van der Waals surface area contributed by atoms with Gasteiger partial charge in [0, 0.05) is 34.9 Å². The number of ketones is 1. The standard InChI is InChI=1S/C21H23N3O3S/c1-11-16(20(26)27-4)17(12-10-22-24-19(12)15-6-5-7-28-15)18-13(23-11)8-21(2,3)9-14(18)25/h5-7,10,16-17H,8-9H2,1-4H3,(H,22,24)/t16?,17-/m0/s1. The van der Waals surface area contributed by atoms with E-state index in [0.29, 0.717) is 24.1 Å². The average molecular weight is 398 g/mol. The maximum atomic E-state index is 13.2. The Morgan fingerprint density at radius 3 is 2.82 bits per heavy atom. The number of thiophene rings is 1. The van der Waals surface area contributed by atoms with Gasteiger partial charge < -0.3 is 4.74 Å². The lowest BCUT2D eigenvalue weighted by molar-refractivity contribution is -0.143. The Morgan fingerprint density at radius 1 is 1.36 bits per heavy atom. The van der Waals surface area contributed by atoms with Gasteiger partial charge in [0.15, 0.2) is 5.78 Å². The van der Waals surface area contributed by atoms with Crippen LogP contribution in [0.25, 0.3) is 10.6 Å². The largest absolute Gasteiger partial charge is 0.468 e. The lowest BCUT2D eigenvalue weighted by atomic mass is 9.67. The number of allylic oxidation sites excluding steroid dienone is 2. The molecule has 0 saturated heterocycles. The van der Waals surface area contributed by atoms with Gasteiger partial charge in [0.25, 0.3) is 0 Å². The highest BCUT2D eigenvalue weighted by molar-refractivity contribution is 7.13. The van der Waals surface area contributed by atoms with Gasteiger partial charge in [0.1, 0.15) is 5.92 Å². The first-order valence-corrected chi connectivity index (χ1v) is 10.2. The van der Waals surface area contributed by atoms with Crippen molar-refractivity contribution in [3.63, 3.8) is 0 Å². The Balaban J connectivity index is 1.92. The van der Waals surface area contributed by atoms with Crippen molar-refractivity contribution in [1.82, 2.24) is 10.2 Å². The summed E-state index contributed by atoms with van der Waals surface area (Å²) in [6.45, 7) is 6.00. The van der Waals surface area contributed by atoms with E-state index in [1.54, 1.807) is 17.5 Å². The molecule has 3 heterocycles. The summed E-state index contributed by atoms with van der Waals surface area (Å²) in [5.41, 5.74) is 3.65. The first-order valence-electron chi connectivity index (χ1n) is 9.29. The molecule has 0 spiro atoms. The molecule has 1 N–H and O–H groups in total. The molecule has 2 atom stereocenters. The normalized spacial score (nSPS) is 24.0. The minimum Gasteiger partial charge on any atom is -0.468 e. The monoisotopic (exact) mass is 397 g/mol. The van der Waals surface area contributed by atoms with E-state index >= 15 is 0 Å². The zero-order chi connectivity index (χ0) is 20.1. The predicted molar refractivity (Wildman–Crippen MR) is 108 cm³/mol. The fraction of sp³-hybridized carbons (Fsp3) is 0.429. The summed E-state index contributed by atoms with van der Waals surface area (Å²) in [6, 6.07) is 3.97. The Kier molecular flexibility index (Phi) is 4.57. The van der Waals surface area contributed by atoms with E-state index in [1.807, 2.05) is 24.4 Å². The van der Waals surface area contributed by atoms with Gasteiger partial charge in [-0.3, -0.25) is 19.7 Å². The molecular weight excluding hydrogens is 374 g/mol. The number of hydrogen-bond donors (Lipinski definition) is 1. The summed E-state index contributed by atoms with van der Waals surface area (Å²) < 4.78 is 5.09. The van der Waals surface area contributed by atoms with Crippen LogP contribution in [0.2, 0.25) is 0 Å². The fourth-order valence-corrected chi connectivity index (χ4v) is 5.11. The van der Waals surface area contributed by atoms with Crippen LogP contribution >= 0.6 is 11.3 Å². The Hall–Kier alpha value is -2.54. The van der Waals surface area contributed by atoms with Gasteiger partial charge in [0.05, 0.1) is 23.9 Å². The molecule has 2 aliphatic rings. The zero-order valence-electron chi connectivity index (χ0n) is 16.4. The summed E-state index contributed by atoms with van der Waals surface area (Å²) >= 11 is 1.59. The molecule has 2 aromatic heterocycles. The highest BCUT2D eigenvalue weighted by atomic mass is 32.1. The minimum absolute atomic E-state index is 0.0553. The van der Waals surface area contributed by atoms with Crippen molar-refractivity contribution in [2.75, 3.05) is 7.11 Å². The summed E-state index contributed by atoms with van der Waals surface area (Å²) in [5.74, 6) is -1.40. The third-order valence-electron chi connectivity index (χ3n) is 5.53. The third kappa shape index (κ3) is 3.03. The minimum atomic E-state index is -0.634. The van der Waals surface area contributed by atoms with Crippen molar-refractivity contribution in [3.05, 3.63) is 40.5 Å². The first kappa shape index (κ1) is 18.8. The lowest BCUT2D eigenvalue weighted by Gasteiger charge is -2.38. The van der Waals surface area contributed by atoms with Crippen LogP contribution in [0.1, 0.15) is 45.1 Å². The second kappa shape index (κ2) is 6.81. The molecule has 0 saturated carbocycles. The molecule has 0 bridgehead atoms. The van der Waals surface area contributed by atoms with E-state index in [0.717, 1.165) is 21.8 Å². The molecule has 7 heteroatoms. The molecule has 0 fully saturated rings. The summed E-state index contributed by atoms with van der Waals surface area (Å²) in [5, 5.41) is 9.29. The van der Waals surface area contributed by atoms with Crippen molar-refractivity contribution in [3.8, 4) is 10.6 Å². The first-order chi connectivity index (χ1) is 13.3. The van der Waals surface area contributed by atoms with E-state index in [-0.39, 0.29) is 17.2 Å². The predicted octanol–water partition coefficient (Wildman–Crippen LogP) is 4.13. The number of Topliss-reactive ketones (excluding diaryl/α,β-unsaturated/α-hetero) is 1. The van der Waals surface area contributed by atoms with Gasteiger partial charge in [-0.25, -0.2) is 0 Å². The number of methoxy groups -OCH3 is 1. The van der Waals surface area contributed by atoms with Gasteiger partial charge in [-0.05, 0) is 30.2 Å². The van der Waals surface area contributed by atoms with Gasteiger partial charge in [-0.2, -0.15) is 5.10 Å². The van der Waals surface area contributed by atoms with Crippen LogP contribution in [0.15, 0.2) is 40.0 Å². The maximum absolute atomic E-state index is 13.2. The number of aromatic nitrogens is 2. The molecular formula is C21H23N3O3S. The SMILES string of the molecule is COC(=O)C1C(C)=NC2=C(C(=O)CC(C)(C)C2)[C@H]1c1cn[nH]c1-c1cccs1. The lowest BCUT2D eigenvalue weighted by Crippen LogP contribution is -2.39. The molecule has 1 aliphatic heterocycles. The molecule has 4 rings (SSSR count). The third-order valence-corrected chi connectivity index (χ3v) is 6.42. The van der Waals surface area contributed by atoms with Crippen molar-refractivity contribution >= 4 is 28.8 Å². The van der Waals surface area contributed by atoms with Crippen LogP contribution in [0.5, 0.6) is 0 Å². The van der Waals surface area contributed by atoms with Crippen LogP contribution < -0.4 is 0 Å². The summed E-state index contributed by atoms with van der Waals surface area (Å²) in [6.07, 6.45) is 2.88. The van der Waals surface area contributed by atoms with Gasteiger partial charge in [-0.1, -0.05) is 19.9 Å². The van der Waals surface area contributed by atoms with Crippen molar-refractivity contribution in [1.29, 1.82) is 0 Å². The number of carbonyl (C=O) groups is 2. The average Bonchev–Trinajstić information content (AvgIpc) is 3.29. The van der Waals surface area contributed by atoms with Gasteiger partial charge in [-0.15, -0.1) is 11.3 Å². The number of H-pyrrole nitrogens is 1. The highest BCUT2D eigenvalue weighted by Crippen LogP contribution is 2.49. The van der Waals surface area contributed by atoms with Crippen LogP contribution in [-0.4, -0.2) is 34.8 Å². The fourth-order valence-electron chi connectivity index (χ4n) is 4.36. The number of hydrogen-bond acceptors (Lipinski definition) is 6. The molecule has 1 unspecified atom stereocenters. The van der Waals surface area contributed by atoms with Crippen molar-refractivity contribution in [2.45, 2.75) is 39.5 Å². The quantitative estimate of drug-likeness (QED) is 0.789. The smallest absolute Gasteiger partial charge is 0.315 e. The van der Waals surface area contributed by atoms with E-state index in [1.165, 1.54) is 7.11 Å². The Morgan fingerprint density at radius 2 is 2.14 bits per heavy atom. The molecule has 0 amide bonds. The summed E-state index contributed by atoms with van der Waals surface area (Å²) in [7, 11) is 1.37. The Bertz CT molecular complexity index is 998. The van der Waals surface area contributed by atoms with Crippen molar-refractivity contribution in [2.24, 2.45) is 16.3 Å². The number of carbonyl (C=O) groups excluding carboxylic acids is 2. The molecule has 0 radical (unpaired) electrons. The van der Waals surface area contributed by atoms with E-state index in [9.17, 15) is 9.59 Å². The Labute approximate surface area is 167 Å². The van der Waals surface area contributed by atoms with Gasteiger partial charge >= 0.3 is 5.97 Å². The molecule has 146 valence electrons. The van der Waals surface area contributed by atoms with Crippen molar-refractivity contribution < 1.29 is 14.3 Å². The van der Waals surface area contributed by atoms with E-state index < -0.39 is 11.8 Å². The van der Waals surface area contributed by atoms with Crippen LogP contribution in [-0.2, 0) is 14.3 Å². The second-order valence-electron chi connectivity index (χ2n) is 8.21. The highest BCUT2D eigenvalue weighted by Gasteiger charge is 2.47. The van der Waals surface area contributed by atoms with Crippen LogP contribution in [0.4, 0.5) is 0 Å². The molecule has 6 nitrogen and oxygen atoms in total. The van der Waals surface area contributed by atoms with Crippen LogP contribution in [0, 0.1) is 11.3 Å². The molecule has 2 aromatic rings. The number of esters is 1. The number of aromatic amines is 1. The number of aliphatic imine (C=N–C) groups is 1. The number of nitrogens with one attached hydrogen (secondary N) is 1. The summed E-state index contributed by atoms with van der Waals surface area (Å²) in [4.78, 5) is 31.6. The molecule has 28 heavy (non-hydrogen) atoms. The number of ether oxygens (including phenoxy) is 1. The zero-order valence-corrected chi connectivity index (χ0v) is 17.2. The topological polar surface area (TPSA) is 84.4 Å². The maximum Gasteiger partial charge on any atom is 0.315 e. The van der Waals surface area contributed by atoms with Crippen LogP contribution in [0.3, 0.4) is 0 Å². The number of rotatable bonds is 3. The molecule has 1 aliphatic carbocycles. The van der Waals surface area contributed by atoms with Gasteiger partial charge in [0.2, 0.25) is 0 Å². The molecule has 0 aromatic carbocycles. The van der Waals surface area contributed by atoms with E-state index in [2.05, 4.69) is 24.0 Å². The number of nitrogens with zero attached hydrogens (tertiary/aromatic N) is 2. The van der Waals surface area contributed by atoms with E-state index in [4.69, 9.17) is 9.73 Å².